The van der Waals surface area contributed by atoms with Crippen molar-refractivity contribution in [3.8, 4) is 0 Å². The van der Waals surface area contributed by atoms with Crippen LogP contribution in [0.2, 0.25) is 0 Å². The molecule has 1 amide bonds. The fourth-order valence-electron chi connectivity index (χ4n) is 1.47. The summed E-state index contributed by atoms with van der Waals surface area (Å²) < 4.78 is 0. The molecule has 0 unspecified atom stereocenters. The van der Waals surface area contributed by atoms with Crippen molar-refractivity contribution in [1.29, 1.82) is 0 Å². The summed E-state index contributed by atoms with van der Waals surface area (Å²) in [5.74, 6) is 0.0471. The second-order valence-corrected chi connectivity index (χ2v) is 5.19. The molecule has 3 nitrogen and oxygen atoms in total. The molecule has 4 heteroatoms. The molecule has 90 valence electrons. The van der Waals surface area contributed by atoms with E-state index >= 15 is 0 Å². The highest BCUT2D eigenvalue weighted by atomic mass is 32.1. The number of rotatable bonds is 5. The maximum atomic E-state index is 12.0. The van der Waals surface area contributed by atoms with Crippen molar-refractivity contribution in [2.75, 3.05) is 0 Å². The molecular formula is C12H20N2OS. The lowest BCUT2D eigenvalue weighted by molar-refractivity contribution is -0.135. The molecule has 0 saturated heterocycles. The molecule has 0 radical (unpaired) electrons. The summed E-state index contributed by atoms with van der Waals surface area (Å²) in [6.07, 6.45) is 0.687. The van der Waals surface area contributed by atoms with Gasteiger partial charge in [-0.1, -0.05) is 13.0 Å². The van der Waals surface area contributed by atoms with Crippen LogP contribution in [0.4, 0.5) is 0 Å². The van der Waals surface area contributed by atoms with Crippen LogP contribution in [0.3, 0.4) is 0 Å². The molecule has 0 aliphatic heterocycles. The van der Waals surface area contributed by atoms with Gasteiger partial charge >= 0.3 is 0 Å². The maximum absolute atomic E-state index is 12.0. The van der Waals surface area contributed by atoms with Gasteiger partial charge in [0.1, 0.15) is 0 Å². The van der Waals surface area contributed by atoms with Crippen molar-refractivity contribution in [3.05, 3.63) is 22.4 Å². The molecule has 1 aromatic heterocycles. The van der Waals surface area contributed by atoms with Crippen molar-refractivity contribution < 1.29 is 4.79 Å². The van der Waals surface area contributed by atoms with Crippen LogP contribution in [-0.4, -0.2) is 22.9 Å². The van der Waals surface area contributed by atoms with Crippen LogP contribution < -0.4 is 5.73 Å². The van der Waals surface area contributed by atoms with E-state index in [1.54, 1.807) is 11.3 Å². The molecule has 2 N–H and O–H groups in total. The number of thiophene rings is 1. The number of nitrogens with two attached hydrogens (primary N) is 1. The Morgan fingerprint density at radius 3 is 2.69 bits per heavy atom. The zero-order valence-electron chi connectivity index (χ0n) is 10.1. The largest absolute Gasteiger partial charge is 0.334 e. The Labute approximate surface area is 101 Å². The summed E-state index contributed by atoms with van der Waals surface area (Å²) in [6.45, 7) is 6.65. The van der Waals surface area contributed by atoms with E-state index < -0.39 is 0 Å². The predicted octanol–water partition coefficient (Wildman–Crippen LogP) is 2.22. The normalized spacial score (nSPS) is 12.8. The third kappa shape index (κ3) is 3.32. The Morgan fingerprint density at radius 1 is 1.56 bits per heavy atom. The Kier molecular flexibility index (Phi) is 4.96. The molecule has 0 aromatic carbocycles. The van der Waals surface area contributed by atoms with E-state index in [9.17, 15) is 4.79 Å². The van der Waals surface area contributed by atoms with E-state index in [-0.39, 0.29) is 18.0 Å². The van der Waals surface area contributed by atoms with E-state index in [4.69, 9.17) is 5.73 Å². The molecule has 0 bridgehead atoms. The Morgan fingerprint density at radius 2 is 2.25 bits per heavy atom. The highest BCUT2D eigenvalue weighted by Crippen LogP contribution is 2.15. The van der Waals surface area contributed by atoms with E-state index in [1.165, 1.54) is 4.88 Å². The van der Waals surface area contributed by atoms with Gasteiger partial charge < -0.3 is 10.6 Å². The van der Waals surface area contributed by atoms with Gasteiger partial charge in [0.25, 0.3) is 0 Å². The van der Waals surface area contributed by atoms with Crippen LogP contribution in [-0.2, 0) is 11.3 Å². The van der Waals surface area contributed by atoms with Gasteiger partial charge in [-0.25, -0.2) is 0 Å². The second kappa shape index (κ2) is 6.01. The molecule has 1 atom stereocenters. The van der Waals surface area contributed by atoms with Crippen molar-refractivity contribution in [3.63, 3.8) is 0 Å². The molecule has 1 aromatic rings. The highest BCUT2D eigenvalue weighted by Gasteiger charge is 2.22. The first-order valence-corrected chi connectivity index (χ1v) is 6.52. The lowest BCUT2D eigenvalue weighted by atomic mass is 10.2. The van der Waals surface area contributed by atoms with Gasteiger partial charge in [0.2, 0.25) is 5.91 Å². The average molecular weight is 240 g/mol. The van der Waals surface area contributed by atoms with E-state index in [0.29, 0.717) is 13.0 Å². The van der Waals surface area contributed by atoms with Gasteiger partial charge in [-0.3, -0.25) is 4.79 Å². The number of hydrogen-bond donors (Lipinski definition) is 1. The first kappa shape index (κ1) is 13.2. The summed E-state index contributed by atoms with van der Waals surface area (Å²) in [5, 5.41) is 2.03. The lowest BCUT2D eigenvalue weighted by Gasteiger charge is -2.28. The summed E-state index contributed by atoms with van der Waals surface area (Å²) in [6, 6.07) is 3.86. The predicted molar refractivity (Wildman–Crippen MR) is 68.3 cm³/mol. The van der Waals surface area contributed by atoms with Gasteiger partial charge in [-0.15, -0.1) is 11.3 Å². The second-order valence-electron chi connectivity index (χ2n) is 4.15. The monoisotopic (exact) mass is 240 g/mol. The fourth-order valence-corrected chi connectivity index (χ4v) is 2.18. The van der Waals surface area contributed by atoms with Gasteiger partial charge in [0, 0.05) is 10.9 Å². The SMILES string of the molecule is CC[C@H](N)C(=O)N(Cc1cccs1)C(C)C. The van der Waals surface area contributed by atoms with Gasteiger partial charge in [0.05, 0.1) is 12.6 Å². The van der Waals surface area contributed by atoms with Crippen molar-refractivity contribution in [2.24, 2.45) is 5.73 Å². The van der Waals surface area contributed by atoms with Crippen LogP contribution in [0.25, 0.3) is 0 Å². The number of hydrogen-bond acceptors (Lipinski definition) is 3. The Hall–Kier alpha value is -0.870. The number of amides is 1. The molecule has 0 aliphatic rings. The Balaban J connectivity index is 2.71. The maximum Gasteiger partial charge on any atom is 0.240 e. The van der Waals surface area contributed by atoms with Crippen LogP contribution in [0.1, 0.15) is 32.1 Å². The first-order chi connectivity index (χ1) is 7.56. The molecule has 1 heterocycles. The van der Waals surface area contributed by atoms with Crippen molar-refractivity contribution in [2.45, 2.75) is 45.8 Å². The van der Waals surface area contributed by atoms with Crippen LogP contribution >= 0.6 is 11.3 Å². The third-order valence-electron chi connectivity index (χ3n) is 2.57. The zero-order chi connectivity index (χ0) is 12.1. The van der Waals surface area contributed by atoms with E-state index in [1.807, 2.05) is 43.2 Å². The minimum absolute atomic E-state index is 0.0471. The van der Waals surface area contributed by atoms with Gasteiger partial charge in [0.15, 0.2) is 0 Å². The van der Waals surface area contributed by atoms with Crippen LogP contribution in [0, 0.1) is 0 Å². The van der Waals surface area contributed by atoms with Crippen molar-refractivity contribution in [1.82, 2.24) is 4.90 Å². The zero-order valence-corrected chi connectivity index (χ0v) is 11.0. The summed E-state index contributed by atoms with van der Waals surface area (Å²) in [5.41, 5.74) is 5.80. The third-order valence-corrected chi connectivity index (χ3v) is 3.43. The molecule has 16 heavy (non-hydrogen) atoms. The topological polar surface area (TPSA) is 46.3 Å². The molecule has 1 rings (SSSR count). The molecule has 0 spiro atoms. The average Bonchev–Trinajstić information content (AvgIpc) is 2.76. The molecule has 0 saturated carbocycles. The van der Waals surface area contributed by atoms with E-state index in [2.05, 4.69) is 0 Å². The highest BCUT2D eigenvalue weighted by molar-refractivity contribution is 7.09. The summed E-state index contributed by atoms with van der Waals surface area (Å²) in [7, 11) is 0. The molecule has 0 fully saturated rings. The Bertz CT molecular complexity index is 322. The fraction of sp³-hybridized carbons (Fsp3) is 0.583. The number of nitrogens with zero attached hydrogens (tertiary/aromatic N) is 1. The minimum atomic E-state index is -0.373. The smallest absolute Gasteiger partial charge is 0.240 e. The first-order valence-electron chi connectivity index (χ1n) is 5.64. The standard InChI is InChI=1S/C12H20N2OS/c1-4-11(13)12(15)14(9(2)3)8-10-6-5-7-16-10/h5-7,9,11H,4,8,13H2,1-3H3/t11-/m0/s1. The number of carbonyl (C=O) groups excluding carboxylic acids is 1. The summed E-state index contributed by atoms with van der Waals surface area (Å²) >= 11 is 1.67. The quantitative estimate of drug-likeness (QED) is 0.858. The van der Waals surface area contributed by atoms with Gasteiger partial charge in [-0.2, -0.15) is 0 Å². The lowest BCUT2D eigenvalue weighted by Crippen LogP contribution is -2.46. The number of carbonyl (C=O) groups is 1. The minimum Gasteiger partial charge on any atom is -0.334 e. The summed E-state index contributed by atoms with van der Waals surface area (Å²) in [4.78, 5) is 15.1. The van der Waals surface area contributed by atoms with Crippen molar-refractivity contribution >= 4 is 17.2 Å². The molecule has 0 aliphatic carbocycles. The van der Waals surface area contributed by atoms with Crippen LogP contribution in [0.5, 0.6) is 0 Å². The van der Waals surface area contributed by atoms with Gasteiger partial charge in [-0.05, 0) is 31.7 Å². The van der Waals surface area contributed by atoms with Crippen LogP contribution in [0.15, 0.2) is 17.5 Å². The van der Waals surface area contributed by atoms with E-state index in [0.717, 1.165) is 0 Å². The molecular weight excluding hydrogens is 220 g/mol.